The van der Waals surface area contributed by atoms with Crippen LogP contribution < -0.4 is 5.73 Å². The second kappa shape index (κ2) is 3.21. The molecule has 0 saturated heterocycles. The van der Waals surface area contributed by atoms with Crippen molar-refractivity contribution in [2.24, 2.45) is 0 Å². The number of rotatable bonds is 2. The van der Waals surface area contributed by atoms with Crippen molar-refractivity contribution in [2.75, 3.05) is 5.73 Å². The van der Waals surface area contributed by atoms with Gasteiger partial charge in [0.25, 0.3) is 5.69 Å². The molecule has 0 spiro atoms. The minimum Gasteiger partial charge on any atom is -0.399 e. The Kier molecular flexibility index (Phi) is 2.28. The lowest BCUT2D eigenvalue weighted by Crippen LogP contribution is -1.95. The van der Waals surface area contributed by atoms with Crippen molar-refractivity contribution in [1.82, 2.24) is 0 Å². The third-order valence-electron chi connectivity index (χ3n) is 1.56. The average Bonchev–Trinajstić information content (AvgIpc) is 2.04. The Balaban J connectivity index is 3.21. The van der Waals surface area contributed by atoms with E-state index >= 15 is 0 Å². The highest BCUT2D eigenvalue weighted by atomic mass is 16.6. The number of benzene rings is 1. The Labute approximate surface area is 70.2 Å². The molecular formula is C8H9N2O2. The van der Waals surface area contributed by atoms with Crippen molar-refractivity contribution in [3.8, 4) is 0 Å². The van der Waals surface area contributed by atoms with Gasteiger partial charge in [-0.3, -0.25) is 10.1 Å². The highest BCUT2D eigenvalue weighted by Crippen LogP contribution is 2.22. The molecule has 2 N–H and O–H groups in total. The molecule has 0 heterocycles. The standard InChI is InChI=1S/C8H9N2O2/c1-2-6-3-4-7(9)5-8(6)10(11)12/h2-5H,9H2,1H3. The molecule has 0 aromatic heterocycles. The van der Waals surface area contributed by atoms with E-state index in [0.717, 1.165) is 0 Å². The first-order chi connectivity index (χ1) is 5.65. The smallest absolute Gasteiger partial charge is 0.274 e. The second-order valence-electron chi connectivity index (χ2n) is 2.36. The third kappa shape index (κ3) is 1.53. The molecule has 1 radical (unpaired) electrons. The summed E-state index contributed by atoms with van der Waals surface area (Å²) in [6, 6.07) is 4.63. The molecule has 0 bridgehead atoms. The fourth-order valence-electron chi connectivity index (χ4n) is 0.963. The van der Waals surface area contributed by atoms with Gasteiger partial charge in [-0.2, -0.15) is 0 Å². The summed E-state index contributed by atoms with van der Waals surface area (Å²) < 4.78 is 0. The van der Waals surface area contributed by atoms with Gasteiger partial charge in [-0.25, -0.2) is 0 Å². The zero-order chi connectivity index (χ0) is 9.14. The van der Waals surface area contributed by atoms with E-state index in [1.165, 1.54) is 6.07 Å². The van der Waals surface area contributed by atoms with Crippen LogP contribution in [-0.4, -0.2) is 4.92 Å². The summed E-state index contributed by atoms with van der Waals surface area (Å²) in [6.07, 6.45) is 1.68. The number of hydrogen-bond acceptors (Lipinski definition) is 3. The first-order valence-corrected chi connectivity index (χ1v) is 3.48. The maximum absolute atomic E-state index is 10.5. The minimum atomic E-state index is -0.439. The van der Waals surface area contributed by atoms with Gasteiger partial charge in [0.1, 0.15) is 0 Å². The summed E-state index contributed by atoms with van der Waals surface area (Å²) in [5, 5.41) is 10.5. The topological polar surface area (TPSA) is 69.2 Å². The Morgan fingerprint density at radius 2 is 2.25 bits per heavy atom. The third-order valence-corrected chi connectivity index (χ3v) is 1.56. The van der Waals surface area contributed by atoms with Gasteiger partial charge in [0.05, 0.1) is 4.92 Å². The van der Waals surface area contributed by atoms with Crippen molar-refractivity contribution in [3.05, 3.63) is 40.3 Å². The predicted molar refractivity (Wildman–Crippen MR) is 46.6 cm³/mol. The molecule has 0 amide bonds. The minimum absolute atomic E-state index is 0.0532. The lowest BCUT2D eigenvalue weighted by molar-refractivity contribution is -0.385. The molecule has 0 saturated carbocycles. The molecule has 0 aliphatic heterocycles. The predicted octanol–water partition coefficient (Wildman–Crippen LogP) is 1.75. The lowest BCUT2D eigenvalue weighted by atomic mass is 10.1. The van der Waals surface area contributed by atoms with E-state index in [-0.39, 0.29) is 5.69 Å². The van der Waals surface area contributed by atoms with Crippen molar-refractivity contribution < 1.29 is 4.92 Å². The largest absolute Gasteiger partial charge is 0.399 e. The first kappa shape index (κ1) is 8.52. The van der Waals surface area contributed by atoms with Crippen molar-refractivity contribution >= 4 is 11.4 Å². The number of nitrogens with zero attached hydrogens (tertiary/aromatic N) is 1. The highest BCUT2D eigenvalue weighted by molar-refractivity contribution is 5.54. The Hall–Kier alpha value is -1.58. The molecule has 4 nitrogen and oxygen atoms in total. The van der Waals surface area contributed by atoms with Gasteiger partial charge in [-0.15, -0.1) is 0 Å². The van der Waals surface area contributed by atoms with Crippen LogP contribution in [0.25, 0.3) is 0 Å². The van der Waals surface area contributed by atoms with E-state index in [4.69, 9.17) is 5.73 Å². The van der Waals surface area contributed by atoms with E-state index < -0.39 is 4.92 Å². The van der Waals surface area contributed by atoms with Crippen molar-refractivity contribution in [3.63, 3.8) is 0 Å². The second-order valence-corrected chi connectivity index (χ2v) is 2.36. The van der Waals surface area contributed by atoms with Crippen LogP contribution in [0.2, 0.25) is 0 Å². The summed E-state index contributed by atoms with van der Waals surface area (Å²) >= 11 is 0. The lowest BCUT2D eigenvalue weighted by Gasteiger charge is -1.99. The summed E-state index contributed by atoms with van der Waals surface area (Å²) in [4.78, 5) is 10.0. The molecule has 63 valence electrons. The maximum Gasteiger partial charge on any atom is 0.274 e. The van der Waals surface area contributed by atoms with Gasteiger partial charge in [0.15, 0.2) is 0 Å². The average molecular weight is 165 g/mol. The molecule has 0 fully saturated rings. The SMILES string of the molecule is C[CH]c1ccc(N)cc1[N+](=O)[O-]. The van der Waals surface area contributed by atoms with Crippen LogP contribution in [0.3, 0.4) is 0 Å². The van der Waals surface area contributed by atoms with Crippen LogP contribution in [0, 0.1) is 16.5 Å². The summed E-state index contributed by atoms with van der Waals surface area (Å²) in [5.74, 6) is 0. The molecule has 1 aromatic carbocycles. The van der Waals surface area contributed by atoms with Gasteiger partial charge in [-0.1, -0.05) is 6.92 Å². The number of nitro groups is 1. The van der Waals surface area contributed by atoms with Crippen LogP contribution in [0.1, 0.15) is 12.5 Å². The van der Waals surface area contributed by atoms with Gasteiger partial charge < -0.3 is 5.73 Å². The molecule has 0 unspecified atom stereocenters. The Bertz CT molecular complexity index is 310. The van der Waals surface area contributed by atoms with Crippen LogP contribution in [0.15, 0.2) is 18.2 Å². The highest BCUT2D eigenvalue weighted by Gasteiger charge is 2.11. The molecule has 4 heteroatoms. The number of nitrogens with two attached hydrogens (primary N) is 1. The monoisotopic (exact) mass is 165 g/mol. The van der Waals surface area contributed by atoms with Crippen LogP contribution in [0.5, 0.6) is 0 Å². The van der Waals surface area contributed by atoms with Crippen LogP contribution in [0.4, 0.5) is 11.4 Å². The summed E-state index contributed by atoms with van der Waals surface area (Å²) in [5.41, 5.74) is 6.46. The zero-order valence-electron chi connectivity index (χ0n) is 6.65. The van der Waals surface area contributed by atoms with Gasteiger partial charge in [-0.05, 0) is 18.6 Å². The summed E-state index contributed by atoms with van der Waals surface area (Å²) in [7, 11) is 0. The first-order valence-electron chi connectivity index (χ1n) is 3.48. The molecule has 12 heavy (non-hydrogen) atoms. The fraction of sp³-hybridized carbons (Fsp3) is 0.125. The van der Waals surface area contributed by atoms with Gasteiger partial charge >= 0.3 is 0 Å². The maximum atomic E-state index is 10.5. The number of hydrogen-bond donors (Lipinski definition) is 1. The van der Waals surface area contributed by atoms with E-state index in [1.54, 1.807) is 25.5 Å². The number of nitrogen functional groups attached to an aromatic ring is 1. The normalized spacial score (nSPS) is 9.75. The van der Waals surface area contributed by atoms with E-state index in [2.05, 4.69) is 0 Å². The van der Waals surface area contributed by atoms with Crippen molar-refractivity contribution in [1.29, 1.82) is 0 Å². The molecule has 0 aliphatic carbocycles. The molecule has 1 rings (SSSR count). The van der Waals surface area contributed by atoms with E-state index in [9.17, 15) is 10.1 Å². The molecule has 1 aromatic rings. The van der Waals surface area contributed by atoms with Crippen molar-refractivity contribution in [2.45, 2.75) is 6.92 Å². The molecular weight excluding hydrogens is 156 g/mol. The van der Waals surface area contributed by atoms with E-state index in [0.29, 0.717) is 11.3 Å². The van der Waals surface area contributed by atoms with Gasteiger partial charge in [0, 0.05) is 17.3 Å². The summed E-state index contributed by atoms with van der Waals surface area (Å²) in [6.45, 7) is 1.75. The fourth-order valence-corrected chi connectivity index (χ4v) is 0.963. The van der Waals surface area contributed by atoms with E-state index in [1.807, 2.05) is 0 Å². The van der Waals surface area contributed by atoms with Crippen LogP contribution in [-0.2, 0) is 0 Å². The van der Waals surface area contributed by atoms with Crippen LogP contribution >= 0.6 is 0 Å². The Morgan fingerprint density at radius 1 is 1.58 bits per heavy atom. The number of anilines is 1. The van der Waals surface area contributed by atoms with Gasteiger partial charge in [0.2, 0.25) is 0 Å². The molecule has 0 atom stereocenters. The molecule has 0 aliphatic rings. The quantitative estimate of drug-likeness (QED) is 0.412. The number of nitro benzene ring substituents is 1. The zero-order valence-corrected chi connectivity index (χ0v) is 6.65. The Morgan fingerprint density at radius 3 is 2.75 bits per heavy atom.